The molecule has 10 heavy (non-hydrogen) atoms. The number of allylic oxidation sites excluding steroid dienone is 3. The summed E-state index contributed by atoms with van der Waals surface area (Å²) in [6, 6.07) is 2.30. The molecular formula is C9H13N. The van der Waals surface area contributed by atoms with Crippen molar-refractivity contribution in [2.45, 2.75) is 19.8 Å². The molecule has 0 aromatic heterocycles. The van der Waals surface area contributed by atoms with Gasteiger partial charge in [-0.2, -0.15) is 0 Å². The molecule has 0 radical (unpaired) electrons. The van der Waals surface area contributed by atoms with E-state index in [0.29, 0.717) is 0 Å². The van der Waals surface area contributed by atoms with Gasteiger partial charge in [0.25, 0.3) is 0 Å². The molecule has 1 heteroatoms. The third kappa shape index (κ3) is 6.84. The molecule has 1 N–H and O–H groups in total. The van der Waals surface area contributed by atoms with Crippen molar-refractivity contribution in [2.75, 3.05) is 0 Å². The number of hydrogen-bond donors (Lipinski definition) is 1. The monoisotopic (exact) mass is 135 g/mol. The van der Waals surface area contributed by atoms with Crippen LogP contribution in [0, 0.1) is 12.5 Å². The summed E-state index contributed by atoms with van der Waals surface area (Å²) in [4.78, 5) is 0. The molecule has 0 aromatic rings. The van der Waals surface area contributed by atoms with Gasteiger partial charge >= 0.3 is 0 Å². The summed E-state index contributed by atoms with van der Waals surface area (Å²) in [5, 5.41) is 2.65. The lowest BCUT2D eigenvalue weighted by Gasteiger charge is -1.85. The van der Waals surface area contributed by atoms with Crippen molar-refractivity contribution in [2.24, 2.45) is 0 Å². The van der Waals surface area contributed by atoms with E-state index in [1.807, 2.05) is 19.1 Å². The highest BCUT2D eigenvalue weighted by molar-refractivity contribution is 4.92. The summed E-state index contributed by atoms with van der Waals surface area (Å²) < 4.78 is 0. The van der Waals surface area contributed by atoms with E-state index in [0.717, 1.165) is 12.8 Å². The summed E-state index contributed by atoms with van der Waals surface area (Å²) in [5.74, 6) is 0. The second kappa shape index (κ2) is 7.84. The molecule has 0 aliphatic carbocycles. The Kier molecular flexibility index (Phi) is 6.93. The Hall–Kier alpha value is -1.16. The Morgan fingerprint density at radius 1 is 1.40 bits per heavy atom. The van der Waals surface area contributed by atoms with E-state index in [-0.39, 0.29) is 0 Å². The number of unbranched alkanes of at least 4 members (excludes halogenated alkanes) is 1. The van der Waals surface area contributed by atoms with Gasteiger partial charge in [0, 0.05) is 12.2 Å². The van der Waals surface area contributed by atoms with E-state index < -0.39 is 0 Å². The molecule has 0 fully saturated rings. The second-order valence-electron chi connectivity index (χ2n) is 1.84. The van der Waals surface area contributed by atoms with Crippen LogP contribution in [0.2, 0.25) is 0 Å². The zero-order chi connectivity index (χ0) is 7.66. The number of nitrogens with one attached hydrogen (secondary N) is 1. The largest absolute Gasteiger partial charge is 0.322 e. The van der Waals surface area contributed by atoms with Gasteiger partial charge in [0.05, 0.1) is 0 Å². The Labute approximate surface area is 62.8 Å². The van der Waals surface area contributed by atoms with Gasteiger partial charge in [0.1, 0.15) is 0 Å². The van der Waals surface area contributed by atoms with E-state index in [2.05, 4.69) is 17.4 Å². The maximum absolute atomic E-state index is 4.94. The van der Waals surface area contributed by atoms with E-state index >= 15 is 0 Å². The van der Waals surface area contributed by atoms with Crippen molar-refractivity contribution in [3.63, 3.8) is 0 Å². The Morgan fingerprint density at radius 2 is 2.10 bits per heavy atom. The highest BCUT2D eigenvalue weighted by Crippen LogP contribution is 1.90. The van der Waals surface area contributed by atoms with E-state index in [1.165, 1.54) is 0 Å². The van der Waals surface area contributed by atoms with Crippen molar-refractivity contribution < 1.29 is 0 Å². The van der Waals surface area contributed by atoms with Gasteiger partial charge in [0.15, 0.2) is 0 Å². The molecule has 0 bridgehead atoms. The van der Waals surface area contributed by atoms with Crippen LogP contribution in [0.5, 0.6) is 0 Å². The van der Waals surface area contributed by atoms with Crippen molar-refractivity contribution in [3.05, 3.63) is 24.4 Å². The van der Waals surface area contributed by atoms with Crippen molar-refractivity contribution in [1.29, 1.82) is 0 Å². The standard InChI is InChI=1S/C9H13N/c1-3-5-6-7-8-9-10-4-2/h2-3,5,8-10H,6-7H2,1H3/b5-3-,9-8-. The fourth-order valence-corrected chi connectivity index (χ4v) is 0.549. The van der Waals surface area contributed by atoms with Crippen LogP contribution in [0.3, 0.4) is 0 Å². The minimum Gasteiger partial charge on any atom is -0.322 e. The minimum absolute atomic E-state index is 1.04. The molecule has 1 nitrogen and oxygen atoms in total. The lowest BCUT2D eigenvalue weighted by molar-refractivity contribution is 1.03. The van der Waals surface area contributed by atoms with Crippen LogP contribution in [0.15, 0.2) is 24.4 Å². The third-order valence-electron chi connectivity index (χ3n) is 1.02. The van der Waals surface area contributed by atoms with Gasteiger partial charge in [-0.25, -0.2) is 0 Å². The Balaban J connectivity index is 3.12. The molecule has 0 amide bonds. The summed E-state index contributed by atoms with van der Waals surface area (Å²) >= 11 is 0. The van der Waals surface area contributed by atoms with Crippen LogP contribution in [-0.2, 0) is 0 Å². The lowest BCUT2D eigenvalue weighted by atomic mass is 10.3. The fourth-order valence-electron chi connectivity index (χ4n) is 0.549. The number of rotatable bonds is 4. The normalized spacial score (nSPS) is 10.4. The molecular weight excluding hydrogens is 122 g/mol. The van der Waals surface area contributed by atoms with Crippen LogP contribution in [-0.4, -0.2) is 0 Å². The smallest absolute Gasteiger partial charge is 0.00526 e. The molecule has 0 spiro atoms. The van der Waals surface area contributed by atoms with E-state index in [4.69, 9.17) is 6.42 Å². The van der Waals surface area contributed by atoms with Crippen LogP contribution >= 0.6 is 0 Å². The van der Waals surface area contributed by atoms with Gasteiger partial charge in [-0.15, -0.1) is 0 Å². The predicted molar refractivity (Wildman–Crippen MR) is 45.2 cm³/mol. The van der Waals surface area contributed by atoms with E-state index in [1.54, 1.807) is 6.20 Å². The molecule has 0 rings (SSSR count). The third-order valence-corrected chi connectivity index (χ3v) is 1.02. The maximum atomic E-state index is 4.94. The fraction of sp³-hybridized carbons (Fsp3) is 0.333. The average molecular weight is 135 g/mol. The van der Waals surface area contributed by atoms with Gasteiger partial charge < -0.3 is 5.32 Å². The molecule has 0 unspecified atom stereocenters. The SMILES string of the molecule is C#CN/C=C\CC/C=C\C. The zero-order valence-corrected chi connectivity index (χ0v) is 6.30. The first-order valence-electron chi connectivity index (χ1n) is 3.39. The predicted octanol–water partition coefficient (Wildman–Crippen LogP) is 2.04. The first-order valence-corrected chi connectivity index (χ1v) is 3.39. The topological polar surface area (TPSA) is 12.0 Å². The zero-order valence-electron chi connectivity index (χ0n) is 6.30. The minimum atomic E-state index is 1.04. The quantitative estimate of drug-likeness (QED) is 0.269. The van der Waals surface area contributed by atoms with Crippen LogP contribution < -0.4 is 5.32 Å². The van der Waals surface area contributed by atoms with Crippen LogP contribution in [0.1, 0.15) is 19.8 Å². The van der Waals surface area contributed by atoms with Gasteiger partial charge in [-0.05, 0) is 19.8 Å². The van der Waals surface area contributed by atoms with Gasteiger partial charge in [0.2, 0.25) is 0 Å². The molecule has 0 aliphatic rings. The molecule has 0 saturated heterocycles. The molecule has 0 atom stereocenters. The first-order chi connectivity index (χ1) is 4.91. The Bertz CT molecular complexity index is 149. The summed E-state index contributed by atoms with van der Waals surface area (Å²) in [6.07, 6.45) is 15.0. The van der Waals surface area contributed by atoms with Crippen molar-refractivity contribution in [1.82, 2.24) is 5.32 Å². The molecule has 0 saturated carbocycles. The average Bonchev–Trinajstić information content (AvgIpc) is 1.97. The molecule has 0 aliphatic heterocycles. The van der Waals surface area contributed by atoms with E-state index in [9.17, 15) is 0 Å². The van der Waals surface area contributed by atoms with Gasteiger partial charge in [-0.3, -0.25) is 0 Å². The number of terminal acetylenes is 1. The molecule has 0 aromatic carbocycles. The maximum Gasteiger partial charge on any atom is 0.00526 e. The van der Waals surface area contributed by atoms with Crippen LogP contribution in [0.25, 0.3) is 0 Å². The summed E-state index contributed by atoms with van der Waals surface area (Å²) in [7, 11) is 0. The molecule has 54 valence electrons. The Morgan fingerprint density at radius 3 is 2.70 bits per heavy atom. The lowest BCUT2D eigenvalue weighted by Crippen LogP contribution is -1.89. The highest BCUT2D eigenvalue weighted by Gasteiger charge is 1.72. The first kappa shape index (κ1) is 8.84. The number of hydrogen-bond acceptors (Lipinski definition) is 1. The van der Waals surface area contributed by atoms with Gasteiger partial charge in [-0.1, -0.05) is 24.7 Å². The second-order valence-corrected chi connectivity index (χ2v) is 1.84. The van der Waals surface area contributed by atoms with Crippen LogP contribution in [0.4, 0.5) is 0 Å². The summed E-state index contributed by atoms with van der Waals surface area (Å²) in [5.41, 5.74) is 0. The molecule has 0 heterocycles. The highest BCUT2D eigenvalue weighted by atomic mass is 14.8. The van der Waals surface area contributed by atoms with Crippen molar-refractivity contribution in [3.8, 4) is 12.5 Å². The van der Waals surface area contributed by atoms with Crippen molar-refractivity contribution >= 4 is 0 Å². The summed E-state index contributed by atoms with van der Waals surface area (Å²) in [6.45, 7) is 2.02.